The third kappa shape index (κ3) is 6.06. The first-order valence-corrected chi connectivity index (χ1v) is 7.19. The number of aromatic nitrogens is 1. The van der Waals surface area contributed by atoms with Crippen LogP contribution in [-0.2, 0) is 0 Å². The number of hydrogen-bond acceptors (Lipinski definition) is 5. The van der Waals surface area contributed by atoms with Crippen molar-refractivity contribution >= 4 is 40.9 Å². The number of carbonyl (C=O) groups excluding carboxylic acids is 1. The molecule has 0 saturated carbocycles. The summed E-state index contributed by atoms with van der Waals surface area (Å²) in [5.74, 6) is 0.757. The fraction of sp³-hybridized carbons (Fsp3) is 0.333. The number of hydrogen-bond donors (Lipinski definition) is 4. The Kier molecular flexibility index (Phi) is 6.09. The van der Waals surface area contributed by atoms with Crippen molar-refractivity contribution in [2.45, 2.75) is 11.8 Å². The largest absolute Gasteiger partial charge is 0.387 e. The number of nitrogens with zero attached hydrogens (tertiary/aromatic N) is 3. The number of urea groups is 1. The van der Waals surface area contributed by atoms with Crippen LogP contribution in [0.25, 0.3) is 0 Å². The molecule has 1 rings (SSSR count). The standard InChI is InChI=1S/C9H15N7OS2/c10-6(15-9(13)17)1-2-19-7(16-8(11)12)5-3-18-4-14-5/h3-4,7H,1-2H2,(H4,11,12,16)(H4,10,13,15,17). The second kappa shape index (κ2) is 7.59. The molecule has 0 saturated heterocycles. The van der Waals surface area contributed by atoms with Crippen molar-refractivity contribution in [3.63, 3.8) is 0 Å². The molecule has 1 unspecified atom stereocenters. The normalized spacial score (nSPS) is 12.9. The first-order chi connectivity index (χ1) is 8.99. The molecular weight excluding hydrogens is 286 g/mol. The van der Waals surface area contributed by atoms with Gasteiger partial charge in [0.2, 0.25) is 0 Å². The lowest BCUT2D eigenvalue weighted by Gasteiger charge is -2.09. The Morgan fingerprint density at radius 3 is 2.68 bits per heavy atom. The Morgan fingerprint density at radius 2 is 2.16 bits per heavy atom. The van der Waals surface area contributed by atoms with Crippen molar-refractivity contribution in [2.24, 2.45) is 32.9 Å². The number of guanidine groups is 1. The van der Waals surface area contributed by atoms with Crippen molar-refractivity contribution in [3.05, 3.63) is 16.6 Å². The summed E-state index contributed by atoms with van der Waals surface area (Å²) in [6.45, 7) is 0. The van der Waals surface area contributed by atoms with Gasteiger partial charge in [-0.3, -0.25) is 0 Å². The van der Waals surface area contributed by atoms with Crippen molar-refractivity contribution in [1.29, 1.82) is 0 Å². The van der Waals surface area contributed by atoms with E-state index in [2.05, 4.69) is 15.0 Å². The van der Waals surface area contributed by atoms with Crippen LogP contribution in [-0.4, -0.2) is 28.6 Å². The Hall–Kier alpha value is -1.81. The highest BCUT2D eigenvalue weighted by molar-refractivity contribution is 7.99. The molecule has 2 amide bonds. The predicted molar refractivity (Wildman–Crippen MR) is 78.9 cm³/mol. The molecule has 1 aromatic rings. The molecule has 19 heavy (non-hydrogen) atoms. The minimum Gasteiger partial charge on any atom is -0.387 e. The lowest BCUT2D eigenvalue weighted by atomic mass is 10.4. The first kappa shape index (κ1) is 15.2. The van der Waals surface area contributed by atoms with Gasteiger partial charge in [-0.15, -0.1) is 23.1 Å². The summed E-state index contributed by atoms with van der Waals surface area (Å²) in [4.78, 5) is 22.2. The zero-order valence-electron chi connectivity index (χ0n) is 10.0. The lowest BCUT2D eigenvalue weighted by Crippen LogP contribution is -2.23. The van der Waals surface area contributed by atoms with Crippen molar-refractivity contribution in [3.8, 4) is 0 Å². The van der Waals surface area contributed by atoms with Gasteiger partial charge in [-0.2, -0.15) is 4.99 Å². The molecule has 0 bridgehead atoms. The van der Waals surface area contributed by atoms with Crippen LogP contribution in [0.15, 0.2) is 20.9 Å². The highest BCUT2D eigenvalue weighted by Gasteiger charge is 2.13. The van der Waals surface area contributed by atoms with Crippen LogP contribution in [0.5, 0.6) is 0 Å². The fourth-order valence-electron chi connectivity index (χ4n) is 1.14. The fourth-order valence-corrected chi connectivity index (χ4v) is 2.85. The number of nitrogens with two attached hydrogens (primary N) is 4. The van der Waals surface area contributed by atoms with Crippen LogP contribution in [0.3, 0.4) is 0 Å². The Labute approximate surface area is 118 Å². The van der Waals surface area contributed by atoms with E-state index in [-0.39, 0.29) is 17.2 Å². The van der Waals surface area contributed by atoms with Gasteiger partial charge >= 0.3 is 6.03 Å². The number of thioether (sulfide) groups is 1. The highest BCUT2D eigenvalue weighted by atomic mass is 32.2. The summed E-state index contributed by atoms with van der Waals surface area (Å²) in [5.41, 5.74) is 23.6. The molecule has 0 spiro atoms. The molecular formula is C9H15N7OS2. The smallest absolute Gasteiger partial charge is 0.339 e. The van der Waals surface area contributed by atoms with Crippen molar-refractivity contribution in [1.82, 2.24) is 4.98 Å². The molecule has 0 aliphatic heterocycles. The molecule has 0 radical (unpaired) electrons. The highest BCUT2D eigenvalue weighted by Crippen LogP contribution is 2.30. The molecule has 1 atom stereocenters. The third-order valence-corrected chi connectivity index (χ3v) is 3.57. The van der Waals surface area contributed by atoms with Crippen LogP contribution < -0.4 is 22.9 Å². The Morgan fingerprint density at radius 1 is 1.42 bits per heavy atom. The molecule has 8 nitrogen and oxygen atoms in total. The van der Waals surface area contributed by atoms with Crippen LogP contribution in [0.1, 0.15) is 17.5 Å². The maximum atomic E-state index is 10.5. The predicted octanol–water partition coefficient (Wildman–Crippen LogP) is -0.0257. The number of rotatable bonds is 6. The number of primary amides is 1. The summed E-state index contributed by atoms with van der Waals surface area (Å²) in [5, 5.41) is 1.57. The number of amidine groups is 1. The van der Waals surface area contributed by atoms with Crippen LogP contribution >= 0.6 is 23.1 Å². The van der Waals surface area contributed by atoms with E-state index in [1.165, 1.54) is 23.1 Å². The van der Waals surface area contributed by atoms with Gasteiger partial charge in [-0.1, -0.05) is 0 Å². The molecule has 1 heterocycles. The van der Waals surface area contributed by atoms with Crippen molar-refractivity contribution < 1.29 is 4.79 Å². The van der Waals surface area contributed by atoms with Gasteiger partial charge in [0.1, 0.15) is 11.2 Å². The van der Waals surface area contributed by atoms with E-state index in [0.717, 1.165) is 5.69 Å². The third-order valence-electron chi connectivity index (χ3n) is 1.86. The minimum absolute atomic E-state index is 0.00993. The van der Waals surface area contributed by atoms with E-state index in [9.17, 15) is 4.79 Å². The van der Waals surface area contributed by atoms with E-state index in [1.807, 2.05) is 5.38 Å². The molecule has 1 aromatic heterocycles. The quantitative estimate of drug-likeness (QED) is 0.426. The average molecular weight is 301 g/mol. The lowest BCUT2D eigenvalue weighted by molar-refractivity contribution is 0.256. The van der Waals surface area contributed by atoms with Gasteiger partial charge in [0, 0.05) is 17.6 Å². The zero-order valence-corrected chi connectivity index (χ0v) is 11.7. The van der Waals surface area contributed by atoms with E-state index in [1.54, 1.807) is 5.51 Å². The summed E-state index contributed by atoms with van der Waals surface area (Å²) < 4.78 is 0. The number of thiazole rings is 1. The van der Waals surface area contributed by atoms with E-state index in [0.29, 0.717) is 12.2 Å². The molecule has 0 fully saturated rings. The van der Waals surface area contributed by atoms with Crippen molar-refractivity contribution in [2.75, 3.05) is 5.75 Å². The number of aliphatic imine (C=N–C) groups is 2. The van der Waals surface area contributed by atoms with Gasteiger partial charge in [-0.05, 0) is 0 Å². The van der Waals surface area contributed by atoms with Gasteiger partial charge < -0.3 is 22.9 Å². The maximum absolute atomic E-state index is 10.5. The SMILES string of the molecule is NC(=O)N=C(N)CCSC(N=C(N)N)c1cscn1. The molecule has 0 aliphatic rings. The molecule has 8 N–H and O–H groups in total. The summed E-state index contributed by atoms with van der Waals surface area (Å²) >= 11 is 2.90. The van der Waals surface area contributed by atoms with Gasteiger partial charge in [0.05, 0.1) is 11.2 Å². The Balaban J connectivity index is 2.56. The average Bonchev–Trinajstić information content (AvgIpc) is 2.79. The van der Waals surface area contributed by atoms with Gasteiger partial charge in [0.25, 0.3) is 0 Å². The summed E-state index contributed by atoms with van der Waals surface area (Å²) in [7, 11) is 0. The van der Waals surface area contributed by atoms with Crippen LogP contribution in [0.2, 0.25) is 0 Å². The van der Waals surface area contributed by atoms with Crippen LogP contribution in [0, 0.1) is 0 Å². The minimum atomic E-state index is -0.803. The molecule has 0 aliphatic carbocycles. The molecule has 104 valence electrons. The van der Waals surface area contributed by atoms with Gasteiger partial charge in [-0.25, -0.2) is 14.8 Å². The molecule has 0 aromatic carbocycles. The Bertz CT molecular complexity index is 467. The summed E-state index contributed by atoms with van der Waals surface area (Å²) in [6.07, 6.45) is 0.411. The van der Waals surface area contributed by atoms with Gasteiger partial charge in [0.15, 0.2) is 5.96 Å². The molecule has 10 heteroatoms. The summed E-state index contributed by atoms with van der Waals surface area (Å²) in [6, 6.07) is -0.803. The number of carbonyl (C=O) groups is 1. The van der Waals surface area contributed by atoms with Crippen LogP contribution in [0.4, 0.5) is 4.79 Å². The topological polar surface area (TPSA) is 159 Å². The second-order valence-electron chi connectivity index (χ2n) is 3.38. The first-order valence-electron chi connectivity index (χ1n) is 5.20. The van der Waals surface area contributed by atoms with E-state index >= 15 is 0 Å². The zero-order chi connectivity index (χ0) is 14.3. The maximum Gasteiger partial charge on any atom is 0.339 e. The second-order valence-corrected chi connectivity index (χ2v) is 5.29. The van der Waals surface area contributed by atoms with E-state index < -0.39 is 6.03 Å². The monoisotopic (exact) mass is 301 g/mol. The number of amides is 2. The van der Waals surface area contributed by atoms with E-state index in [4.69, 9.17) is 22.9 Å².